The molecule has 0 aromatic heterocycles. The number of hydrogen-bond acceptors (Lipinski definition) is 10. The summed E-state index contributed by atoms with van der Waals surface area (Å²) in [5.74, 6) is -2.45. The second-order valence-corrected chi connectivity index (χ2v) is 10.9. The van der Waals surface area contributed by atoms with Crippen LogP contribution in [0.3, 0.4) is 0 Å². The van der Waals surface area contributed by atoms with Crippen LogP contribution in [0.15, 0.2) is 74.4 Å². The molecular formula is C25H24ClN5O7S. The Morgan fingerprint density at radius 1 is 0.897 bits per heavy atom. The van der Waals surface area contributed by atoms with E-state index in [1.807, 2.05) is 6.92 Å². The van der Waals surface area contributed by atoms with Crippen molar-refractivity contribution in [3.63, 3.8) is 0 Å². The van der Waals surface area contributed by atoms with Gasteiger partial charge >= 0.3 is 5.97 Å². The first-order valence-electron chi connectivity index (χ1n) is 11.4. The maximum absolute atomic E-state index is 12.9. The summed E-state index contributed by atoms with van der Waals surface area (Å²) in [6, 6.07) is 13.5. The zero-order chi connectivity index (χ0) is 28.6. The fourth-order valence-corrected chi connectivity index (χ4v) is 4.76. The van der Waals surface area contributed by atoms with Crippen molar-refractivity contribution >= 4 is 44.7 Å². The lowest BCUT2D eigenvalue weighted by Gasteiger charge is -2.06. The van der Waals surface area contributed by atoms with Crippen LogP contribution in [0.4, 0.5) is 11.4 Å². The minimum Gasteiger partial charge on any atom is -0.478 e. The number of aromatic carboxylic acids is 1. The van der Waals surface area contributed by atoms with Gasteiger partial charge in [0.1, 0.15) is 5.36 Å². The van der Waals surface area contributed by atoms with Crippen molar-refractivity contribution in [2.45, 2.75) is 6.92 Å². The Labute approximate surface area is 227 Å². The number of carbonyl (C=O) groups is 2. The molecule has 0 spiro atoms. The van der Waals surface area contributed by atoms with Crippen LogP contribution in [0, 0.1) is 6.92 Å². The highest BCUT2D eigenvalue weighted by atomic mass is 35.5. The van der Waals surface area contributed by atoms with Gasteiger partial charge in [0.05, 0.1) is 28.4 Å². The minimum absolute atomic E-state index is 0.0262. The van der Waals surface area contributed by atoms with Crippen LogP contribution in [0.1, 0.15) is 26.3 Å². The molecule has 0 aliphatic carbocycles. The molecule has 0 atom stereocenters. The average molecular weight is 574 g/mol. The van der Waals surface area contributed by atoms with Crippen molar-refractivity contribution in [2.75, 3.05) is 34.8 Å². The standard InChI is InChI=1S/C25H24ClN5O7S/c1-15-2-6-17(7-3-15)28-30-21-19(25(35)36)14-20(32)22(23(21)33)31-29-18-8-4-16(5-9-18)24(34)27-11-13-39(37,38)12-10-26/h2-9,14,28-29H,10-13H2,1H3,(H,27,34)(H,35,36). The maximum Gasteiger partial charge on any atom is 0.338 e. The maximum atomic E-state index is 12.9. The number of carboxylic acid groups (broad SMARTS) is 1. The molecule has 0 heterocycles. The summed E-state index contributed by atoms with van der Waals surface area (Å²) < 4.78 is 23.4. The van der Waals surface area contributed by atoms with E-state index in [4.69, 9.17) is 11.6 Å². The second-order valence-electron chi connectivity index (χ2n) is 8.24. The molecule has 3 aromatic rings. The summed E-state index contributed by atoms with van der Waals surface area (Å²) in [7, 11) is -3.35. The zero-order valence-electron chi connectivity index (χ0n) is 20.6. The van der Waals surface area contributed by atoms with Crippen molar-refractivity contribution in [1.29, 1.82) is 0 Å². The number of amides is 1. The Hall–Kier alpha value is -4.36. The van der Waals surface area contributed by atoms with E-state index in [1.54, 1.807) is 24.3 Å². The molecule has 0 aliphatic rings. The molecule has 4 N–H and O–H groups in total. The van der Waals surface area contributed by atoms with Crippen LogP contribution in [0.2, 0.25) is 0 Å². The quantitative estimate of drug-likeness (QED) is 0.188. The van der Waals surface area contributed by atoms with Gasteiger partial charge in [-0.25, -0.2) is 13.2 Å². The predicted octanol–water partition coefficient (Wildman–Crippen LogP) is 0.528. The van der Waals surface area contributed by atoms with E-state index in [9.17, 15) is 32.7 Å². The van der Waals surface area contributed by atoms with E-state index in [-0.39, 0.29) is 29.5 Å². The topological polar surface area (TPSA) is 183 Å². The fraction of sp³-hybridized carbons (Fsp3) is 0.200. The summed E-state index contributed by atoms with van der Waals surface area (Å²) in [5, 5.41) is 18.6. The van der Waals surface area contributed by atoms with Gasteiger partial charge in [-0.3, -0.25) is 25.2 Å². The molecular weight excluding hydrogens is 550 g/mol. The van der Waals surface area contributed by atoms with Crippen molar-refractivity contribution in [3.05, 3.63) is 102 Å². The summed E-state index contributed by atoms with van der Waals surface area (Å²) in [4.78, 5) is 49.3. The van der Waals surface area contributed by atoms with Gasteiger partial charge in [0.15, 0.2) is 15.2 Å². The van der Waals surface area contributed by atoms with Crippen molar-refractivity contribution in [2.24, 2.45) is 10.2 Å². The van der Waals surface area contributed by atoms with Crippen LogP contribution in [-0.2, 0) is 9.84 Å². The number of aryl methyl sites for hydroxylation is 1. The van der Waals surface area contributed by atoms with Crippen molar-refractivity contribution in [3.8, 4) is 0 Å². The fourth-order valence-electron chi connectivity index (χ4n) is 3.20. The Morgan fingerprint density at radius 3 is 2.03 bits per heavy atom. The number of anilines is 2. The van der Waals surface area contributed by atoms with Gasteiger partial charge in [0.25, 0.3) is 5.91 Å². The number of hydrogen-bond donors (Lipinski definition) is 4. The summed E-state index contributed by atoms with van der Waals surface area (Å²) >= 11 is 5.44. The van der Waals surface area contributed by atoms with Gasteiger partial charge < -0.3 is 10.4 Å². The third-order valence-electron chi connectivity index (χ3n) is 5.30. The van der Waals surface area contributed by atoms with Gasteiger partial charge in [-0.15, -0.1) is 11.6 Å². The second kappa shape index (κ2) is 12.9. The molecule has 12 nitrogen and oxygen atoms in total. The molecule has 0 radical (unpaired) electrons. The molecule has 0 saturated carbocycles. The monoisotopic (exact) mass is 573 g/mol. The molecule has 1 amide bonds. The lowest BCUT2D eigenvalue weighted by Crippen LogP contribution is -2.50. The highest BCUT2D eigenvalue weighted by Gasteiger charge is 2.15. The molecule has 0 bridgehead atoms. The number of carbonyl (C=O) groups excluding carboxylic acids is 1. The molecule has 39 heavy (non-hydrogen) atoms. The van der Waals surface area contributed by atoms with Gasteiger partial charge in [-0.2, -0.15) is 10.2 Å². The lowest BCUT2D eigenvalue weighted by molar-refractivity contribution is 0.0694. The third kappa shape index (κ3) is 8.06. The first-order chi connectivity index (χ1) is 18.5. The smallest absolute Gasteiger partial charge is 0.338 e. The number of nitrogens with one attached hydrogen (secondary N) is 3. The summed E-state index contributed by atoms with van der Waals surface area (Å²) in [6.45, 7) is 1.81. The van der Waals surface area contributed by atoms with Crippen LogP contribution in [0.25, 0.3) is 0 Å². The predicted molar refractivity (Wildman–Crippen MR) is 146 cm³/mol. The Balaban J connectivity index is 1.80. The zero-order valence-corrected chi connectivity index (χ0v) is 22.2. The largest absolute Gasteiger partial charge is 0.478 e. The van der Waals surface area contributed by atoms with Gasteiger partial charge in [-0.1, -0.05) is 17.7 Å². The van der Waals surface area contributed by atoms with Crippen LogP contribution in [-0.4, -0.2) is 49.3 Å². The first kappa shape index (κ1) is 29.2. The van der Waals surface area contributed by atoms with E-state index >= 15 is 0 Å². The van der Waals surface area contributed by atoms with Gasteiger partial charge in [-0.05, 0) is 43.3 Å². The number of halogens is 1. The van der Waals surface area contributed by atoms with E-state index in [1.165, 1.54) is 24.3 Å². The molecule has 0 fully saturated rings. The number of alkyl halides is 1. The Bertz CT molecular complexity index is 1700. The molecule has 204 valence electrons. The van der Waals surface area contributed by atoms with E-state index in [2.05, 4.69) is 26.4 Å². The Morgan fingerprint density at radius 2 is 1.46 bits per heavy atom. The van der Waals surface area contributed by atoms with Crippen molar-refractivity contribution < 1.29 is 23.1 Å². The van der Waals surface area contributed by atoms with Crippen LogP contribution < -0.4 is 37.7 Å². The molecule has 3 rings (SSSR count). The number of nitrogens with zero attached hydrogens (tertiary/aromatic N) is 2. The highest BCUT2D eigenvalue weighted by Crippen LogP contribution is 2.09. The van der Waals surface area contributed by atoms with Gasteiger partial charge in [0, 0.05) is 24.1 Å². The van der Waals surface area contributed by atoms with E-state index in [0.717, 1.165) is 11.6 Å². The summed E-state index contributed by atoms with van der Waals surface area (Å²) in [5.41, 5.74) is 4.69. The average Bonchev–Trinajstić information content (AvgIpc) is 2.88. The lowest BCUT2D eigenvalue weighted by atomic mass is 10.2. The highest BCUT2D eigenvalue weighted by molar-refractivity contribution is 7.91. The number of carboxylic acids is 1. The Kier molecular flexibility index (Phi) is 9.68. The molecule has 0 unspecified atom stereocenters. The number of rotatable bonds is 11. The van der Waals surface area contributed by atoms with Crippen LogP contribution >= 0.6 is 11.6 Å². The summed E-state index contributed by atoms with van der Waals surface area (Å²) in [6.07, 6.45) is 0. The van der Waals surface area contributed by atoms with Crippen molar-refractivity contribution in [1.82, 2.24) is 5.32 Å². The first-order valence-corrected chi connectivity index (χ1v) is 13.8. The molecule has 3 aromatic carbocycles. The SMILES string of the molecule is Cc1ccc(NN=c2c(C(=O)O)cc(=O)c(=NNc3ccc(C(=O)NCCS(=O)(=O)CCCl)cc3)c2=O)cc1. The van der Waals surface area contributed by atoms with Crippen LogP contribution in [0.5, 0.6) is 0 Å². The number of benzene rings is 3. The third-order valence-corrected chi connectivity index (χ3v) is 7.37. The van der Waals surface area contributed by atoms with E-state index < -0.39 is 48.8 Å². The molecule has 0 aliphatic heterocycles. The molecule has 0 saturated heterocycles. The normalized spacial score (nSPS) is 12.3. The van der Waals surface area contributed by atoms with Gasteiger partial charge in [0.2, 0.25) is 10.9 Å². The minimum atomic E-state index is -3.35. The number of sulfone groups is 1. The molecule has 14 heteroatoms. The van der Waals surface area contributed by atoms with E-state index in [0.29, 0.717) is 11.4 Å².